The van der Waals surface area contributed by atoms with Gasteiger partial charge in [-0.3, -0.25) is 0 Å². The molecule has 2 rings (SSSR count). The van der Waals surface area contributed by atoms with Crippen LogP contribution in [0.4, 0.5) is 0 Å². The molecule has 0 aliphatic carbocycles. The third-order valence-electron chi connectivity index (χ3n) is 2.91. The molecule has 0 aromatic heterocycles. The van der Waals surface area contributed by atoms with E-state index in [2.05, 4.69) is 31.0 Å². The predicted molar refractivity (Wildman–Crippen MR) is 67.6 cm³/mol. The number of benzene rings is 2. The number of phenolic OH excluding ortho intramolecular Hbond substituents is 1. The van der Waals surface area contributed by atoms with Crippen molar-refractivity contribution in [1.29, 1.82) is 0 Å². The van der Waals surface area contributed by atoms with Crippen LogP contribution >= 0.6 is 0 Å². The molecule has 0 fully saturated rings. The fraction of sp³-hybridized carbons (Fsp3) is 0.286. The number of fused-ring (bicyclic) bond motifs is 1. The fourth-order valence-electron chi connectivity index (χ4n) is 1.84. The Hall–Kier alpha value is -1.54. The molecule has 0 unspecified atom stereocenters. The minimum absolute atomic E-state index is 0.355. The Morgan fingerprint density at radius 1 is 1.19 bits per heavy atom. The van der Waals surface area contributed by atoms with Crippen LogP contribution in [-0.2, 0) is 6.54 Å². The first-order valence-electron chi connectivity index (χ1n) is 5.60. The minimum atomic E-state index is 0.355. The zero-order chi connectivity index (χ0) is 11.5. The Morgan fingerprint density at radius 3 is 2.75 bits per heavy atom. The molecular weight excluding hydrogens is 198 g/mol. The predicted octanol–water partition coefficient (Wildman–Crippen LogP) is 3.00. The van der Waals surface area contributed by atoms with Gasteiger partial charge in [0.2, 0.25) is 0 Å². The van der Waals surface area contributed by atoms with Gasteiger partial charge in [-0.25, -0.2) is 0 Å². The Morgan fingerprint density at radius 2 is 2.00 bits per heavy atom. The van der Waals surface area contributed by atoms with Crippen LogP contribution in [0, 0.1) is 0 Å². The molecule has 2 nitrogen and oxygen atoms in total. The smallest absolute Gasteiger partial charge is 0.123 e. The molecule has 0 atom stereocenters. The first kappa shape index (κ1) is 11.0. The van der Waals surface area contributed by atoms with Crippen molar-refractivity contribution in [3.05, 3.63) is 42.0 Å². The van der Waals surface area contributed by atoms with Gasteiger partial charge in [0.15, 0.2) is 0 Å². The van der Waals surface area contributed by atoms with Gasteiger partial charge in [0.1, 0.15) is 5.75 Å². The van der Waals surface area contributed by atoms with E-state index in [0.29, 0.717) is 5.75 Å². The van der Waals surface area contributed by atoms with Gasteiger partial charge in [0.25, 0.3) is 0 Å². The fourth-order valence-corrected chi connectivity index (χ4v) is 1.84. The van der Waals surface area contributed by atoms with E-state index in [-0.39, 0.29) is 0 Å². The molecule has 84 valence electrons. The SMILES string of the molecule is CCN(C)Cc1ccc2c(O)cccc2c1. The summed E-state index contributed by atoms with van der Waals surface area (Å²) in [5.41, 5.74) is 1.28. The zero-order valence-electron chi connectivity index (χ0n) is 9.77. The topological polar surface area (TPSA) is 23.5 Å². The summed E-state index contributed by atoms with van der Waals surface area (Å²) in [6.45, 7) is 4.13. The van der Waals surface area contributed by atoms with Crippen LogP contribution in [0.15, 0.2) is 36.4 Å². The molecule has 0 spiro atoms. The van der Waals surface area contributed by atoms with Crippen LogP contribution in [0.2, 0.25) is 0 Å². The third kappa shape index (κ3) is 2.17. The second-order valence-corrected chi connectivity index (χ2v) is 4.16. The summed E-state index contributed by atoms with van der Waals surface area (Å²) in [5, 5.41) is 11.7. The minimum Gasteiger partial charge on any atom is -0.507 e. The molecule has 2 heteroatoms. The van der Waals surface area contributed by atoms with Crippen molar-refractivity contribution in [3.8, 4) is 5.75 Å². The lowest BCUT2D eigenvalue weighted by Crippen LogP contribution is -2.16. The van der Waals surface area contributed by atoms with E-state index in [9.17, 15) is 5.11 Å². The van der Waals surface area contributed by atoms with Crippen molar-refractivity contribution in [2.75, 3.05) is 13.6 Å². The number of hydrogen-bond acceptors (Lipinski definition) is 2. The van der Waals surface area contributed by atoms with E-state index in [1.165, 1.54) is 5.56 Å². The van der Waals surface area contributed by atoms with E-state index < -0.39 is 0 Å². The molecule has 16 heavy (non-hydrogen) atoms. The van der Waals surface area contributed by atoms with Crippen LogP contribution in [0.3, 0.4) is 0 Å². The normalized spacial score (nSPS) is 11.2. The molecule has 0 aliphatic heterocycles. The van der Waals surface area contributed by atoms with Gasteiger partial charge < -0.3 is 10.0 Å². The number of nitrogens with zero attached hydrogens (tertiary/aromatic N) is 1. The highest BCUT2D eigenvalue weighted by atomic mass is 16.3. The summed E-state index contributed by atoms with van der Waals surface area (Å²) in [4.78, 5) is 2.25. The second kappa shape index (κ2) is 4.54. The molecule has 0 saturated heterocycles. The summed E-state index contributed by atoms with van der Waals surface area (Å²) < 4.78 is 0. The molecule has 0 saturated carbocycles. The molecule has 0 radical (unpaired) electrons. The third-order valence-corrected chi connectivity index (χ3v) is 2.91. The zero-order valence-corrected chi connectivity index (χ0v) is 9.77. The maximum Gasteiger partial charge on any atom is 0.123 e. The standard InChI is InChI=1S/C14H17NO/c1-3-15(2)10-11-7-8-13-12(9-11)5-4-6-14(13)16/h4-9,16H,3,10H2,1-2H3. The molecule has 0 amide bonds. The molecule has 0 heterocycles. The average molecular weight is 215 g/mol. The van der Waals surface area contributed by atoms with Crippen molar-refractivity contribution in [3.63, 3.8) is 0 Å². The van der Waals surface area contributed by atoms with E-state index >= 15 is 0 Å². The summed E-state index contributed by atoms with van der Waals surface area (Å²) in [6.07, 6.45) is 0. The number of aromatic hydroxyl groups is 1. The lowest BCUT2D eigenvalue weighted by Gasteiger charge is -2.14. The first-order chi connectivity index (χ1) is 7.70. The van der Waals surface area contributed by atoms with E-state index in [0.717, 1.165) is 23.9 Å². The molecule has 0 aliphatic rings. The van der Waals surface area contributed by atoms with Gasteiger partial charge in [-0.1, -0.05) is 31.2 Å². The van der Waals surface area contributed by atoms with Crippen LogP contribution in [0.1, 0.15) is 12.5 Å². The summed E-state index contributed by atoms with van der Waals surface area (Å²) in [7, 11) is 2.10. The quantitative estimate of drug-likeness (QED) is 0.850. The van der Waals surface area contributed by atoms with Gasteiger partial charge >= 0.3 is 0 Å². The maximum absolute atomic E-state index is 9.68. The Labute approximate surface area is 96.1 Å². The molecule has 0 bridgehead atoms. The van der Waals surface area contributed by atoms with Crippen molar-refractivity contribution >= 4 is 10.8 Å². The Kier molecular flexibility index (Phi) is 3.11. The van der Waals surface area contributed by atoms with E-state index in [4.69, 9.17) is 0 Å². The van der Waals surface area contributed by atoms with Crippen LogP contribution in [0.5, 0.6) is 5.75 Å². The molecular formula is C14H17NO. The van der Waals surface area contributed by atoms with Gasteiger partial charge in [-0.05, 0) is 36.7 Å². The van der Waals surface area contributed by atoms with Crippen molar-refractivity contribution in [2.24, 2.45) is 0 Å². The average Bonchev–Trinajstić information content (AvgIpc) is 2.29. The number of hydrogen-bond donors (Lipinski definition) is 1. The highest BCUT2D eigenvalue weighted by Crippen LogP contribution is 2.25. The van der Waals surface area contributed by atoms with Gasteiger partial charge in [0, 0.05) is 11.9 Å². The van der Waals surface area contributed by atoms with Crippen LogP contribution in [-0.4, -0.2) is 23.6 Å². The monoisotopic (exact) mass is 215 g/mol. The Balaban J connectivity index is 2.37. The summed E-state index contributed by atoms with van der Waals surface area (Å²) >= 11 is 0. The molecule has 1 N–H and O–H groups in total. The summed E-state index contributed by atoms with van der Waals surface area (Å²) in [6, 6.07) is 11.8. The Bertz CT molecular complexity index is 493. The van der Waals surface area contributed by atoms with E-state index in [1.54, 1.807) is 6.07 Å². The number of rotatable bonds is 3. The van der Waals surface area contributed by atoms with Crippen molar-refractivity contribution < 1.29 is 5.11 Å². The van der Waals surface area contributed by atoms with Gasteiger partial charge in [-0.2, -0.15) is 0 Å². The van der Waals surface area contributed by atoms with Crippen LogP contribution < -0.4 is 0 Å². The van der Waals surface area contributed by atoms with Crippen molar-refractivity contribution in [1.82, 2.24) is 4.90 Å². The maximum atomic E-state index is 9.68. The number of phenols is 1. The highest BCUT2D eigenvalue weighted by molar-refractivity contribution is 5.88. The van der Waals surface area contributed by atoms with E-state index in [1.807, 2.05) is 18.2 Å². The largest absolute Gasteiger partial charge is 0.507 e. The van der Waals surface area contributed by atoms with Gasteiger partial charge in [0.05, 0.1) is 0 Å². The summed E-state index contributed by atoms with van der Waals surface area (Å²) in [5.74, 6) is 0.355. The van der Waals surface area contributed by atoms with Crippen LogP contribution in [0.25, 0.3) is 10.8 Å². The lowest BCUT2D eigenvalue weighted by molar-refractivity contribution is 0.346. The van der Waals surface area contributed by atoms with Crippen molar-refractivity contribution in [2.45, 2.75) is 13.5 Å². The highest BCUT2D eigenvalue weighted by Gasteiger charge is 2.02. The van der Waals surface area contributed by atoms with Gasteiger partial charge in [-0.15, -0.1) is 0 Å². The molecule has 2 aromatic carbocycles. The second-order valence-electron chi connectivity index (χ2n) is 4.16. The lowest BCUT2D eigenvalue weighted by atomic mass is 10.1. The molecule has 2 aromatic rings. The first-order valence-corrected chi connectivity index (χ1v) is 5.60.